The van der Waals surface area contributed by atoms with E-state index in [1.807, 2.05) is 29.2 Å². The van der Waals surface area contributed by atoms with Gasteiger partial charge in [0.1, 0.15) is 16.4 Å². The molecular formula is C18H21N5O4S. The third-order valence-corrected chi connectivity index (χ3v) is 5.50. The minimum atomic E-state index is -0.962. The van der Waals surface area contributed by atoms with Crippen molar-refractivity contribution in [3.63, 3.8) is 0 Å². The van der Waals surface area contributed by atoms with Gasteiger partial charge in [0.05, 0.1) is 36.1 Å². The van der Waals surface area contributed by atoms with Crippen molar-refractivity contribution in [3.8, 4) is 10.6 Å². The van der Waals surface area contributed by atoms with Crippen molar-refractivity contribution in [1.82, 2.24) is 15.0 Å². The molecule has 0 aliphatic carbocycles. The molecule has 0 saturated carbocycles. The molecule has 0 spiro atoms. The number of aromatic amines is 1. The van der Waals surface area contributed by atoms with Crippen LogP contribution >= 0.6 is 11.3 Å². The molecule has 0 amide bonds. The summed E-state index contributed by atoms with van der Waals surface area (Å²) in [6, 6.07) is 7.65. The standard InChI is InChI=1S/C18H21N5O4S/c24-10-11(25)9-19-15-14(17-20-12-3-1-2-4-13(12)28-17)16(26)22-18(21-15)23-5-7-27-8-6-23/h1-4,11,24-25H,5-10H2,(H2,19,21,22,26). The molecule has 1 aliphatic heterocycles. The Morgan fingerprint density at radius 2 is 2.07 bits per heavy atom. The van der Waals surface area contributed by atoms with Crippen molar-refractivity contribution in [2.24, 2.45) is 0 Å². The van der Waals surface area contributed by atoms with Gasteiger partial charge in [0, 0.05) is 19.6 Å². The second-order valence-electron chi connectivity index (χ2n) is 6.42. The maximum absolute atomic E-state index is 13.0. The third kappa shape index (κ3) is 3.85. The summed E-state index contributed by atoms with van der Waals surface area (Å²) in [5.74, 6) is 0.774. The van der Waals surface area contributed by atoms with E-state index in [1.54, 1.807) is 0 Å². The lowest BCUT2D eigenvalue weighted by atomic mass is 10.3. The first-order valence-electron chi connectivity index (χ1n) is 9.01. The summed E-state index contributed by atoms with van der Waals surface area (Å²) in [5, 5.41) is 22.4. The molecule has 1 aromatic carbocycles. The van der Waals surface area contributed by atoms with E-state index in [2.05, 4.69) is 20.3 Å². The molecule has 9 nitrogen and oxygen atoms in total. The highest BCUT2D eigenvalue weighted by molar-refractivity contribution is 7.21. The fourth-order valence-corrected chi connectivity index (χ4v) is 3.98. The van der Waals surface area contributed by atoms with E-state index in [9.17, 15) is 9.90 Å². The van der Waals surface area contributed by atoms with Gasteiger partial charge in [0.2, 0.25) is 5.95 Å². The van der Waals surface area contributed by atoms with Gasteiger partial charge in [-0.25, -0.2) is 4.98 Å². The SMILES string of the molecule is O=c1[nH]c(N2CCOCC2)nc(NCC(O)CO)c1-c1nc2ccccc2s1. The van der Waals surface area contributed by atoms with Crippen LogP contribution in [0.4, 0.5) is 11.8 Å². The molecule has 28 heavy (non-hydrogen) atoms. The van der Waals surface area contributed by atoms with E-state index in [0.717, 1.165) is 10.2 Å². The number of aliphatic hydroxyl groups is 2. The van der Waals surface area contributed by atoms with E-state index in [1.165, 1.54) is 11.3 Å². The lowest BCUT2D eigenvalue weighted by Crippen LogP contribution is -2.38. The molecule has 0 radical (unpaired) electrons. The number of benzene rings is 1. The quantitative estimate of drug-likeness (QED) is 0.473. The molecule has 4 N–H and O–H groups in total. The van der Waals surface area contributed by atoms with Gasteiger partial charge in [-0.2, -0.15) is 4.98 Å². The molecule has 0 bridgehead atoms. The largest absolute Gasteiger partial charge is 0.394 e. The Balaban J connectivity index is 1.77. The number of aliphatic hydroxyl groups excluding tert-OH is 2. The molecular weight excluding hydrogens is 382 g/mol. The summed E-state index contributed by atoms with van der Waals surface area (Å²) in [4.78, 5) is 26.9. The number of ether oxygens (including phenoxy) is 1. The Bertz CT molecular complexity index is 982. The van der Waals surface area contributed by atoms with Gasteiger partial charge in [0.25, 0.3) is 5.56 Å². The maximum atomic E-state index is 13.0. The topological polar surface area (TPSA) is 124 Å². The van der Waals surface area contributed by atoms with Gasteiger partial charge in [-0.15, -0.1) is 11.3 Å². The average molecular weight is 403 g/mol. The third-order valence-electron chi connectivity index (χ3n) is 4.44. The van der Waals surface area contributed by atoms with E-state index in [4.69, 9.17) is 9.84 Å². The van der Waals surface area contributed by atoms with Crippen molar-refractivity contribution in [1.29, 1.82) is 0 Å². The van der Waals surface area contributed by atoms with E-state index in [0.29, 0.717) is 48.6 Å². The van der Waals surface area contributed by atoms with Crippen molar-refractivity contribution in [2.45, 2.75) is 6.10 Å². The number of rotatable bonds is 6. The molecule has 10 heteroatoms. The number of aromatic nitrogens is 3. The van der Waals surface area contributed by atoms with E-state index >= 15 is 0 Å². The van der Waals surface area contributed by atoms with Crippen molar-refractivity contribution in [2.75, 3.05) is 49.7 Å². The highest BCUT2D eigenvalue weighted by Crippen LogP contribution is 2.32. The Hall–Kier alpha value is -2.53. The second kappa shape index (κ2) is 8.23. The predicted octanol–water partition coefficient (Wildman–Crippen LogP) is 0.648. The summed E-state index contributed by atoms with van der Waals surface area (Å²) >= 11 is 1.40. The van der Waals surface area contributed by atoms with Crippen LogP contribution in [0, 0.1) is 0 Å². The monoisotopic (exact) mass is 403 g/mol. The molecule has 3 aromatic rings. The number of hydrogen-bond donors (Lipinski definition) is 4. The number of anilines is 2. The highest BCUT2D eigenvalue weighted by Gasteiger charge is 2.21. The van der Waals surface area contributed by atoms with Crippen molar-refractivity contribution < 1.29 is 14.9 Å². The maximum Gasteiger partial charge on any atom is 0.264 e. The molecule has 148 valence electrons. The molecule has 1 saturated heterocycles. The minimum Gasteiger partial charge on any atom is -0.394 e. The molecule has 2 aromatic heterocycles. The van der Waals surface area contributed by atoms with Crippen LogP contribution in [0.15, 0.2) is 29.1 Å². The molecule has 1 aliphatic rings. The number of thiazole rings is 1. The number of fused-ring (bicyclic) bond motifs is 1. The number of para-hydroxylation sites is 1. The van der Waals surface area contributed by atoms with Gasteiger partial charge < -0.3 is 25.2 Å². The number of H-pyrrole nitrogens is 1. The lowest BCUT2D eigenvalue weighted by molar-refractivity contribution is 0.105. The zero-order valence-electron chi connectivity index (χ0n) is 15.1. The minimum absolute atomic E-state index is 0.0629. The Labute approximate surface area is 164 Å². The predicted molar refractivity (Wildman–Crippen MR) is 108 cm³/mol. The highest BCUT2D eigenvalue weighted by atomic mass is 32.1. The van der Waals surface area contributed by atoms with Crippen LogP contribution in [0.25, 0.3) is 20.8 Å². The van der Waals surface area contributed by atoms with Gasteiger partial charge in [0.15, 0.2) is 0 Å². The molecule has 1 fully saturated rings. The van der Waals surface area contributed by atoms with E-state index < -0.39 is 6.10 Å². The summed E-state index contributed by atoms with van der Waals surface area (Å²) in [7, 11) is 0. The summed E-state index contributed by atoms with van der Waals surface area (Å²) < 4.78 is 6.32. The van der Waals surface area contributed by atoms with Gasteiger partial charge in [-0.1, -0.05) is 12.1 Å². The van der Waals surface area contributed by atoms with Gasteiger partial charge in [-0.3, -0.25) is 9.78 Å². The smallest absolute Gasteiger partial charge is 0.264 e. The Morgan fingerprint density at radius 3 is 2.82 bits per heavy atom. The van der Waals surface area contributed by atoms with Crippen LogP contribution < -0.4 is 15.8 Å². The van der Waals surface area contributed by atoms with Crippen LogP contribution in [0.3, 0.4) is 0 Å². The van der Waals surface area contributed by atoms with Gasteiger partial charge in [-0.05, 0) is 12.1 Å². The average Bonchev–Trinajstić information content (AvgIpc) is 3.15. The van der Waals surface area contributed by atoms with Crippen LogP contribution in [-0.4, -0.2) is 70.7 Å². The summed E-state index contributed by atoms with van der Waals surface area (Å²) in [6.45, 7) is 2.06. The second-order valence-corrected chi connectivity index (χ2v) is 7.45. The number of hydrogen-bond acceptors (Lipinski definition) is 9. The van der Waals surface area contributed by atoms with Gasteiger partial charge >= 0.3 is 0 Å². The normalized spacial score (nSPS) is 15.7. The fourth-order valence-electron chi connectivity index (χ4n) is 2.97. The Morgan fingerprint density at radius 1 is 1.29 bits per heavy atom. The molecule has 4 rings (SSSR count). The van der Waals surface area contributed by atoms with E-state index in [-0.39, 0.29) is 18.7 Å². The molecule has 3 heterocycles. The summed E-state index contributed by atoms with van der Waals surface area (Å²) in [6.07, 6.45) is -0.962. The van der Waals surface area contributed by atoms with Crippen LogP contribution in [0.5, 0.6) is 0 Å². The Kier molecular flexibility index (Phi) is 5.53. The fraction of sp³-hybridized carbons (Fsp3) is 0.389. The van der Waals surface area contributed by atoms with Crippen molar-refractivity contribution >= 4 is 33.3 Å². The van der Waals surface area contributed by atoms with Crippen LogP contribution in [0.2, 0.25) is 0 Å². The molecule has 1 atom stereocenters. The van der Waals surface area contributed by atoms with Crippen molar-refractivity contribution in [3.05, 3.63) is 34.6 Å². The van der Waals surface area contributed by atoms with Crippen LogP contribution in [0.1, 0.15) is 0 Å². The summed E-state index contributed by atoms with van der Waals surface area (Å²) in [5.41, 5.74) is 0.820. The number of morpholine rings is 1. The first-order valence-corrected chi connectivity index (χ1v) is 9.83. The van der Waals surface area contributed by atoms with Crippen LogP contribution in [-0.2, 0) is 4.74 Å². The zero-order chi connectivity index (χ0) is 19.5. The first kappa shape index (κ1) is 18.8. The zero-order valence-corrected chi connectivity index (χ0v) is 15.9. The first-order chi connectivity index (χ1) is 13.7. The number of nitrogens with zero attached hydrogens (tertiary/aromatic N) is 3. The number of nitrogens with one attached hydrogen (secondary N) is 2. The lowest BCUT2D eigenvalue weighted by Gasteiger charge is -2.27. The molecule has 1 unspecified atom stereocenters.